The quantitative estimate of drug-likeness (QED) is 0.874. The van der Waals surface area contributed by atoms with Gasteiger partial charge in [0.05, 0.1) is 6.04 Å². The van der Waals surface area contributed by atoms with Gasteiger partial charge in [0.1, 0.15) is 0 Å². The molecule has 1 unspecified atom stereocenters. The lowest BCUT2D eigenvalue weighted by Gasteiger charge is -2.14. The van der Waals surface area contributed by atoms with E-state index in [1.54, 1.807) is 6.07 Å². The zero-order valence-electron chi connectivity index (χ0n) is 10.2. The average Bonchev–Trinajstić information content (AvgIpc) is 3.08. The van der Waals surface area contributed by atoms with Crippen molar-refractivity contribution in [3.05, 3.63) is 33.8 Å². The molecule has 18 heavy (non-hydrogen) atoms. The van der Waals surface area contributed by atoms with Gasteiger partial charge in [-0.25, -0.2) is 0 Å². The monoisotopic (exact) mass is 286 g/mol. The molecule has 1 aliphatic rings. The van der Waals surface area contributed by atoms with Crippen LogP contribution in [0.5, 0.6) is 0 Å². The van der Waals surface area contributed by atoms with Gasteiger partial charge in [0.15, 0.2) is 0 Å². The minimum Gasteiger partial charge on any atom is -0.352 e. The molecule has 1 fully saturated rings. The summed E-state index contributed by atoms with van der Waals surface area (Å²) in [6, 6.07) is 5.54. The molecule has 98 valence electrons. The van der Waals surface area contributed by atoms with Crippen LogP contribution in [0.4, 0.5) is 0 Å². The fourth-order valence-electron chi connectivity index (χ4n) is 1.63. The molecule has 1 aromatic carbocycles. The zero-order valence-corrected chi connectivity index (χ0v) is 11.7. The molecule has 0 spiro atoms. The Kier molecular flexibility index (Phi) is 4.49. The number of benzene rings is 1. The second kappa shape index (κ2) is 5.91. The highest BCUT2D eigenvalue weighted by Crippen LogP contribution is 2.20. The van der Waals surface area contributed by atoms with Crippen molar-refractivity contribution in [1.29, 1.82) is 0 Å². The van der Waals surface area contributed by atoms with Gasteiger partial charge in [0, 0.05) is 22.6 Å². The van der Waals surface area contributed by atoms with E-state index in [4.69, 9.17) is 23.2 Å². The van der Waals surface area contributed by atoms with Crippen molar-refractivity contribution in [3.63, 3.8) is 0 Å². The van der Waals surface area contributed by atoms with Gasteiger partial charge in [-0.05, 0) is 43.5 Å². The molecule has 0 radical (unpaired) electrons. The Hall–Kier alpha value is -0.770. The first kappa shape index (κ1) is 13.7. The van der Waals surface area contributed by atoms with Crippen LogP contribution in [0.25, 0.3) is 0 Å². The summed E-state index contributed by atoms with van der Waals surface area (Å²) in [7, 11) is 0. The van der Waals surface area contributed by atoms with E-state index < -0.39 is 0 Å². The van der Waals surface area contributed by atoms with Crippen molar-refractivity contribution in [3.8, 4) is 0 Å². The molecule has 1 saturated carbocycles. The molecule has 3 nitrogen and oxygen atoms in total. The summed E-state index contributed by atoms with van der Waals surface area (Å²) in [5.41, 5.74) is 0.971. The molecule has 1 aromatic rings. The van der Waals surface area contributed by atoms with Crippen molar-refractivity contribution in [2.75, 3.05) is 0 Å². The van der Waals surface area contributed by atoms with Gasteiger partial charge in [0.25, 0.3) is 0 Å². The van der Waals surface area contributed by atoms with E-state index >= 15 is 0 Å². The van der Waals surface area contributed by atoms with Crippen LogP contribution < -0.4 is 10.6 Å². The lowest BCUT2D eigenvalue weighted by atomic mass is 10.2. The first-order chi connectivity index (χ1) is 8.54. The second-order valence-electron chi connectivity index (χ2n) is 4.66. The molecule has 1 aliphatic carbocycles. The average molecular weight is 287 g/mol. The van der Waals surface area contributed by atoms with Crippen LogP contribution in [0.2, 0.25) is 10.0 Å². The summed E-state index contributed by atoms with van der Waals surface area (Å²) in [5, 5.41) is 7.33. The predicted octanol–water partition coefficient (Wildman–Crippen LogP) is 2.75. The third-order valence-electron chi connectivity index (χ3n) is 2.85. The molecule has 2 N–H and O–H groups in total. The van der Waals surface area contributed by atoms with Crippen molar-refractivity contribution in [2.45, 2.75) is 38.4 Å². The van der Waals surface area contributed by atoms with Crippen LogP contribution in [0.1, 0.15) is 25.3 Å². The van der Waals surface area contributed by atoms with Crippen molar-refractivity contribution in [2.24, 2.45) is 0 Å². The second-order valence-corrected chi connectivity index (χ2v) is 5.54. The Labute approximate surface area is 117 Å². The molecule has 2 rings (SSSR count). The summed E-state index contributed by atoms with van der Waals surface area (Å²) in [5.74, 6) is 0.0469. The molecule has 0 heterocycles. The van der Waals surface area contributed by atoms with E-state index in [1.807, 2.05) is 19.1 Å². The topological polar surface area (TPSA) is 41.1 Å². The highest BCUT2D eigenvalue weighted by Gasteiger charge is 2.25. The van der Waals surface area contributed by atoms with Crippen LogP contribution in [0, 0.1) is 0 Å². The molecule has 5 heteroatoms. The maximum Gasteiger partial charge on any atom is 0.237 e. The fourth-order valence-corrected chi connectivity index (χ4v) is 2.20. The third-order valence-corrected chi connectivity index (χ3v) is 3.29. The van der Waals surface area contributed by atoms with E-state index in [9.17, 15) is 4.79 Å². The smallest absolute Gasteiger partial charge is 0.237 e. The van der Waals surface area contributed by atoms with Gasteiger partial charge >= 0.3 is 0 Å². The number of carbonyl (C=O) groups is 1. The molecule has 0 bridgehead atoms. The Morgan fingerprint density at radius 2 is 1.94 bits per heavy atom. The molecule has 0 saturated heterocycles. The van der Waals surface area contributed by atoms with E-state index in [1.165, 1.54) is 0 Å². The lowest BCUT2D eigenvalue weighted by molar-refractivity contribution is -0.122. The minimum atomic E-state index is -0.219. The molecule has 1 atom stereocenters. The van der Waals surface area contributed by atoms with Crippen molar-refractivity contribution >= 4 is 29.1 Å². The first-order valence-electron chi connectivity index (χ1n) is 6.03. The van der Waals surface area contributed by atoms with E-state index in [0.717, 1.165) is 18.4 Å². The number of nitrogens with one attached hydrogen (secondary N) is 2. The highest BCUT2D eigenvalue weighted by atomic mass is 35.5. The lowest BCUT2D eigenvalue weighted by Crippen LogP contribution is -2.42. The minimum absolute atomic E-state index is 0.0469. The number of halogens is 2. The van der Waals surface area contributed by atoms with Crippen LogP contribution in [0.15, 0.2) is 18.2 Å². The summed E-state index contributed by atoms with van der Waals surface area (Å²) in [4.78, 5) is 11.7. The van der Waals surface area contributed by atoms with Crippen LogP contribution >= 0.6 is 23.2 Å². The number of rotatable bonds is 5. The van der Waals surface area contributed by atoms with Crippen LogP contribution in [0.3, 0.4) is 0 Å². The fraction of sp³-hybridized carbons (Fsp3) is 0.462. The largest absolute Gasteiger partial charge is 0.352 e. The number of hydrogen-bond donors (Lipinski definition) is 2. The molecule has 1 amide bonds. The van der Waals surface area contributed by atoms with Gasteiger partial charge in [-0.1, -0.05) is 23.2 Å². The Morgan fingerprint density at radius 1 is 1.33 bits per heavy atom. The highest BCUT2D eigenvalue weighted by molar-refractivity contribution is 6.34. The maximum absolute atomic E-state index is 11.7. The molecular weight excluding hydrogens is 271 g/mol. The van der Waals surface area contributed by atoms with Gasteiger partial charge in [0.2, 0.25) is 5.91 Å². The first-order valence-corrected chi connectivity index (χ1v) is 6.79. The third kappa shape index (κ3) is 4.16. The molecular formula is C13H16Cl2N2O. The maximum atomic E-state index is 11.7. The van der Waals surface area contributed by atoms with E-state index in [2.05, 4.69) is 10.6 Å². The number of carbonyl (C=O) groups excluding carboxylic acids is 1. The zero-order chi connectivity index (χ0) is 13.1. The van der Waals surface area contributed by atoms with E-state index in [-0.39, 0.29) is 11.9 Å². The van der Waals surface area contributed by atoms with Crippen LogP contribution in [-0.2, 0) is 11.3 Å². The van der Waals surface area contributed by atoms with Gasteiger partial charge in [-0.2, -0.15) is 0 Å². The summed E-state index contributed by atoms with van der Waals surface area (Å²) >= 11 is 11.8. The van der Waals surface area contributed by atoms with Crippen molar-refractivity contribution in [1.82, 2.24) is 10.6 Å². The van der Waals surface area contributed by atoms with Crippen molar-refractivity contribution < 1.29 is 4.79 Å². The van der Waals surface area contributed by atoms with Gasteiger partial charge in [-0.3, -0.25) is 4.79 Å². The molecule has 0 aliphatic heterocycles. The predicted molar refractivity (Wildman–Crippen MR) is 73.9 cm³/mol. The Bertz CT molecular complexity index is 426. The Morgan fingerprint density at radius 3 is 2.50 bits per heavy atom. The standard InChI is InChI=1S/C13H16Cl2N2O/c1-8(13(18)17-12-2-3-12)16-7-9-4-10(14)6-11(15)5-9/h4-6,8,12,16H,2-3,7H2,1H3,(H,17,18). The molecule has 0 aromatic heterocycles. The number of amides is 1. The van der Waals surface area contributed by atoms with Crippen LogP contribution in [-0.4, -0.2) is 18.0 Å². The number of hydrogen-bond acceptors (Lipinski definition) is 2. The summed E-state index contributed by atoms with van der Waals surface area (Å²) < 4.78 is 0. The van der Waals surface area contributed by atoms with Gasteiger partial charge < -0.3 is 10.6 Å². The summed E-state index contributed by atoms with van der Waals surface area (Å²) in [6.07, 6.45) is 2.20. The van der Waals surface area contributed by atoms with E-state index in [0.29, 0.717) is 22.6 Å². The van der Waals surface area contributed by atoms with Gasteiger partial charge in [-0.15, -0.1) is 0 Å². The normalized spacial score (nSPS) is 16.4. The SMILES string of the molecule is CC(NCc1cc(Cl)cc(Cl)c1)C(=O)NC1CC1. The Balaban J connectivity index is 1.83. The summed E-state index contributed by atoms with van der Waals surface area (Å²) in [6.45, 7) is 2.42.